The molecule has 0 saturated heterocycles. The van der Waals surface area contributed by atoms with Crippen LogP contribution in [-0.2, 0) is 0 Å². The van der Waals surface area contributed by atoms with Crippen LogP contribution in [0.5, 0.6) is 0 Å². The van der Waals surface area contributed by atoms with Gasteiger partial charge in [-0.05, 0) is 86.0 Å². The Morgan fingerprint density at radius 2 is 0.745 bits per heavy atom. The summed E-state index contributed by atoms with van der Waals surface area (Å²) in [6.07, 6.45) is 9.03. The second kappa shape index (κ2) is 20.5. The number of rotatable bonds is 6. The number of aromatic nitrogens is 4. The lowest BCUT2D eigenvalue weighted by molar-refractivity contribution is 1.27. The van der Waals surface area contributed by atoms with Crippen LogP contribution in [0.25, 0.3) is 67.3 Å². The first-order valence-corrected chi connectivity index (χ1v) is 18.7. The number of allylic oxidation sites excluding steroid dienone is 1. The summed E-state index contributed by atoms with van der Waals surface area (Å²) in [6.45, 7) is 13.5. The highest BCUT2D eigenvalue weighted by atomic mass is 14.7. The van der Waals surface area contributed by atoms with Gasteiger partial charge in [0.25, 0.3) is 0 Å². The predicted octanol–water partition coefficient (Wildman–Crippen LogP) is 13.8. The first kappa shape index (κ1) is 39.4. The van der Waals surface area contributed by atoms with Crippen molar-refractivity contribution >= 4 is 0 Å². The number of hydrogen-bond donors (Lipinski definition) is 0. The van der Waals surface area contributed by atoms with Crippen LogP contribution in [0.3, 0.4) is 0 Å². The Kier molecular flexibility index (Phi) is 14.7. The lowest BCUT2D eigenvalue weighted by atomic mass is 9.99. The summed E-state index contributed by atoms with van der Waals surface area (Å²) in [5, 5.41) is 0. The van der Waals surface area contributed by atoms with Gasteiger partial charge in [0.1, 0.15) is 0 Å². The van der Waals surface area contributed by atoms with Gasteiger partial charge in [-0.25, -0.2) is 9.97 Å². The Balaban J connectivity index is 0.000000189. The fourth-order valence-corrected chi connectivity index (χ4v) is 5.88. The van der Waals surface area contributed by atoms with Crippen LogP contribution >= 0.6 is 0 Å². The maximum atomic E-state index is 4.92. The average Bonchev–Trinajstić information content (AvgIpc) is 3.26. The molecule has 4 aromatic carbocycles. The lowest BCUT2D eigenvalue weighted by Crippen LogP contribution is -1.92. The molecule has 0 radical (unpaired) electrons. The molecule has 0 unspecified atom stereocenters. The highest BCUT2D eigenvalue weighted by Gasteiger charge is 2.11. The monoisotopic (exact) mass is 716 g/mol. The van der Waals surface area contributed by atoms with Crippen LogP contribution in [0.2, 0.25) is 0 Å². The van der Waals surface area contributed by atoms with Gasteiger partial charge in [-0.2, -0.15) is 0 Å². The molecule has 0 spiro atoms. The van der Waals surface area contributed by atoms with Gasteiger partial charge in [0.15, 0.2) is 0 Å². The van der Waals surface area contributed by atoms with Crippen LogP contribution in [-0.4, -0.2) is 19.9 Å². The molecule has 4 aromatic heterocycles. The van der Waals surface area contributed by atoms with E-state index in [1.807, 2.05) is 63.5 Å². The number of aryl methyl sites for hydroxylation is 2. The molecule has 8 rings (SSSR count). The van der Waals surface area contributed by atoms with Crippen LogP contribution < -0.4 is 0 Å². The normalized spacial score (nSPS) is 9.98. The van der Waals surface area contributed by atoms with Crippen LogP contribution in [0.4, 0.5) is 0 Å². The zero-order valence-electron chi connectivity index (χ0n) is 32.4. The van der Waals surface area contributed by atoms with E-state index in [0.29, 0.717) is 0 Å². The lowest BCUT2D eigenvalue weighted by Gasteiger charge is -2.10. The third kappa shape index (κ3) is 11.1. The van der Waals surface area contributed by atoms with E-state index in [2.05, 4.69) is 158 Å². The summed E-state index contributed by atoms with van der Waals surface area (Å²) in [5.41, 5.74) is 15.3. The Bertz CT molecular complexity index is 2090. The molecule has 0 aliphatic rings. The highest BCUT2D eigenvalue weighted by Crippen LogP contribution is 2.32. The summed E-state index contributed by atoms with van der Waals surface area (Å²) in [5.74, 6) is 0. The molecule has 0 atom stereocenters. The van der Waals surface area contributed by atoms with E-state index < -0.39 is 0 Å². The van der Waals surface area contributed by atoms with Crippen molar-refractivity contribution in [2.75, 3.05) is 0 Å². The predicted molar refractivity (Wildman–Crippen MR) is 233 cm³/mol. The molecule has 0 aliphatic heterocycles. The van der Waals surface area contributed by atoms with E-state index in [4.69, 9.17) is 9.97 Å². The van der Waals surface area contributed by atoms with E-state index in [-0.39, 0.29) is 0 Å². The van der Waals surface area contributed by atoms with Gasteiger partial charge < -0.3 is 0 Å². The zero-order valence-corrected chi connectivity index (χ0v) is 32.4. The summed E-state index contributed by atoms with van der Waals surface area (Å²) < 4.78 is 0. The van der Waals surface area contributed by atoms with Crippen molar-refractivity contribution in [3.63, 3.8) is 0 Å². The van der Waals surface area contributed by atoms with Gasteiger partial charge in [-0.15, -0.1) is 6.58 Å². The molecule has 0 amide bonds. The molecular weight excluding hydrogens is 669 g/mol. The zero-order chi connectivity index (χ0) is 38.8. The fourth-order valence-electron chi connectivity index (χ4n) is 5.88. The average molecular weight is 717 g/mol. The largest absolute Gasteiger partial charge is 0.264 e. The third-order valence-electron chi connectivity index (χ3n) is 8.41. The van der Waals surface area contributed by atoms with E-state index in [1.165, 1.54) is 22.3 Å². The summed E-state index contributed by atoms with van der Waals surface area (Å²) >= 11 is 0. The molecule has 0 fully saturated rings. The Labute approximate surface area is 327 Å². The minimum atomic E-state index is 0.908. The van der Waals surface area contributed by atoms with Gasteiger partial charge in [0.2, 0.25) is 0 Å². The molecule has 4 heterocycles. The standard InChI is InChI=1S/C24H19N.C22H17N3.C3H6.C2H6/c1-18-9-8-14-21(15-18)22-16-23(19-10-4-2-5-11-19)25-24(17-22)20-12-6-3-7-13-20;1-16-5-2-6-17(11-16)21-12-20(18-7-3-9-23-14-18)13-22(25-21)19-8-4-10-24-15-19;1-3-2;1-2/h2-17H,1H3;2-15H,1H3;3H,1H2,2H3;1-2H3. The molecule has 8 aromatic rings. The van der Waals surface area contributed by atoms with Crippen molar-refractivity contribution in [1.29, 1.82) is 0 Å². The van der Waals surface area contributed by atoms with Crippen molar-refractivity contribution in [1.82, 2.24) is 19.9 Å². The maximum Gasteiger partial charge on any atom is 0.0731 e. The van der Waals surface area contributed by atoms with Gasteiger partial charge in [-0.3, -0.25) is 9.97 Å². The van der Waals surface area contributed by atoms with Gasteiger partial charge in [0.05, 0.1) is 22.8 Å². The summed E-state index contributed by atoms with van der Waals surface area (Å²) in [6, 6.07) is 54.3. The minimum absolute atomic E-state index is 0.908. The van der Waals surface area contributed by atoms with E-state index in [0.717, 1.165) is 56.2 Å². The topological polar surface area (TPSA) is 51.6 Å². The second-order valence-corrected chi connectivity index (χ2v) is 12.6. The quantitative estimate of drug-likeness (QED) is 0.161. The second-order valence-electron chi connectivity index (χ2n) is 12.6. The van der Waals surface area contributed by atoms with Crippen molar-refractivity contribution < 1.29 is 0 Å². The van der Waals surface area contributed by atoms with Crippen molar-refractivity contribution in [3.05, 3.63) is 206 Å². The van der Waals surface area contributed by atoms with Crippen molar-refractivity contribution in [2.24, 2.45) is 0 Å². The fraction of sp³-hybridized carbons (Fsp3) is 0.0980. The highest BCUT2D eigenvalue weighted by molar-refractivity contribution is 5.78. The molecule has 0 bridgehead atoms. The molecule has 55 heavy (non-hydrogen) atoms. The molecular formula is C51H48N4. The van der Waals surface area contributed by atoms with E-state index >= 15 is 0 Å². The molecule has 0 aliphatic carbocycles. The van der Waals surface area contributed by atoms with Gasteiger partial charge in [-0.1, -0.05) is 140 Å². The van der Waals surface area contributed by atoms with Gasteiger partial charge in [0, 0.05) is 52.6 Å². The Hall–Kier alpha value is -6.78. The number of hydrogen-bond acceptors (Lipinski definition) is 4. The van der Waals surface area contributed by atoms with Crippen LogP contribution in [0, 0.1) is 13.8 Å². The van der Waals surface area contributed by atoms with Crippen LogP contribution in [0.15, 0.2) is 195 Å². The Morgan fingerprint density at radius 1 is 0.382 bits per heavy atom. The van der Waals surface area contributed by atoms with Crippen LogP contribution in [0.1, 0.15) is 31.9 Å². The summed E-state index contributed by atoms with van der Waals surface area (Å²) in [4.78, 5) is 18.3. The number of pyridine rings is 4. The maximum absolute atomic E-state index is 4.92. The molecule has 0 N–H and O–H groups in total. The third-order valence-corrected chi connectivity index (χ3v) is 8.41. The Morgan fingerprint density at radius 3 is 1.20 bits per heavy atom. The molecule has 0 saturated carbocycles. The molecule has 272 valence electrons. The minimum Gasteiger partial charge on any atom is -0.264 e. The van der Waals surface area contributed by atoms with Crippen molar-refractivity contribution in [2.45, 2.75) is 34.6 Å². The van der Waals surface area contributed by atoms with E-state index in [9.17, 15) is 0 Å². The first-order chi connectivity index (χ1) is 27.0. The van der Waals surface area contributed by atoms with Crippen molar-refractivity contribution in [3.8, 4) is 67.3 Å². The molecule has 4 nitrogen and oxygen atoms in total. The smallest absolute Gasteiger partial charge is 0.0731 e. The first-order valence-electron chi connectivity index (χ1n) is 18.7. The van der Waals surface area contributed by atoms with E-state index in [1.54, 1.807) is 18.5 Å². The number of nitrogens with zero attached hydrogens (tertiary/aromatic N) is 4. The molecule has 4 heteroatoms. The number of benzene rings is 4. The van der Waals surface area contributed by atoms with Gasteiger partial charge >= 0.3 is 0 Å². The summed E-state index contributed by atoms with van der Waals surface area (Å²) in [7, 11) is 0. The SMILES string of the molecule is C=CC.CC.Cc1cccc(-c2cc(-c3ccccc3)nc(-c3ccccc3)c2)c1.Cc1cccc(-c2cc(-c3cccnc3)cc(-c3cccnc3)n2)c1.